The van der Waals surface area contributed by atoms with E-state index in [4.69, 9.17) is 0 Å². The van der Waals surface area contributed by atoms with E-state index >= 15 is 0 Å². The lowest BCUT2D eigenvalue weighted by Crippen LogP contribution is -2.43. The largest absolute Gasteiger partial charge is 0.339 e. The fourth-order valence-corrected chi connectivity index (χ4v) is 4.16. The summed E-state index contributed by atoms with van der Waals surface area (Å²) >= 11 is 1.77. The van der Waals surface area contributed by atoms with Gasteiger partial charge in [0.2, 0.25) is 5.91 Å². The SMILES string of the molecule is Cc1ccc(C[C@@H](C)NC(=O)NC[C@@H]2CC(=O)N(C3CC3)C2)s1. The summed E-state index contributed by atoms with van der Waals surface area (Å²) < 4.78 is 0. The molecule has 2 atom stereocenters. The van der Waals surface area contributed by atoms with Gasteiger partial charge in [-0.2, -0.15) is 0 Å². The van der Waals surface area contributed by atoms with Crippen LogP contribution in [0.3, 0.4) is 0 Å². The minimum atomic E-state index is -0.136. The quantitative estimate of drug-likeness (QED) is 0.838. The van der Waals surface area contributed by atoms with Gasteiger partial charge in [0.1, 0.15) is 0 Å². The van der Waals surface area contributed by atoms with E-state index in [9.17, 15) is 9.59 Å². The molecule has 3 amide bonds. The molecule has 23 heavy (non-hydrogen) atoms. The van der Waals surface area contributed by atoms with Crippen LogP contribution in [0.15, 0.2) is 12.1 Å². The summed E-state index contributed by atoms with van der Waals surface area (Å²) in [4.78, 5) is 28.5. The van der Waals surface area contributed by atoms with Gasteiger partial charge in [-0.15, -0.1) is 11.3 Å². The van der Waals surface area contributed by atoms with Crippen molar-refractivity contribution in [2.75, 3.05) is 13.1 Å². The van der Waals surface area contributed by atoms with Crippen molar-refractivity contribution in [3.8, 4) is 0 Å². The second-order valence-corrected chi connectivity index (χ2v) is 8.19. The van der Waals surface area contributed by atoms with Gasteiger partial charge in [-0.25, -0.2) is 4.79 Å². The van der Waals surface area contributed by atoms with Crippen LogP contribution in [0.25, 0.3) is 0 Å². The summed E-state index contributed by atoms with van der Waals surface area (Å²) in [5, 5.41) is 5.90. The molecule has 1 saturated heterocycles. The van der Waals surface area contributed by atoms with Crippen LogP contribution < -0.4 is 10.6 Å². The first kappa shape index (κ1) is 16.3. The highest BCUT2D eigenvalue weighted by Gasteiger charge is 2.39. The molecule has 0 bridgehead atoms. The van der Waals surface area contributed by atoms with Gasteiger partial charge >= 0.3 is 6.03 Å². The topological polar surface area (TPSA) is 61.4 Å². The Balaban J connectivity index is 1.37. The first-order chi connectivity index (χ1) is 11.0. The van der Waals surface area contributed by atoms with Crippen LogP contribution in [0.5, 0.6) is 0 Å². The van der Waals surface area contributed by atoms with Crippen LogP contribution in [-0.4, -0.2) is 42.0 Å². The standard InChI is InChI=1S/C17H25N3O2S/c1-11(7-15-6-3-12(2)23-15)19-17(22)18-9-13-8-16(21)20(10-13)14-4-5-14/h3,6,11,13-14H,4-5,7-10H2,1-2H3,(H2,18,19,22)/t11-,13+/m1/s1. The smallest absolute Gasteiger partial charge is 0.315 e. The molecule has 3 rings (SSSR count). The average molecular weight is 335 g/mol. The fourth-order valence-electron chi connectivity index (χ4n) is 3.14. The Labute approximate surface area is 141 Å². The van der Waals surface area contributed by atoms with Crippen molar-refractivity contribution < 1.29 is 9.59 Å². The molecule has 0 unspecified atom stereocenters. The van der Waals surface area contributed by atoms with Crippen molar-refractivity contribution in [2.24, 2.45) is 5.92 Å². The predicted octanol–water partition coefficient (Wildman–Crippen LogP) is 2.30. The number of nitrogens with zero attached hydrogens (tertiary/aromatic N) is 1. The number of rotatable bonds is 6. The number of carbonyl (C=O) groups is 2. The molecule has 1 aliphatic carbocycles. The Hall–Kier alpha value is -1.56. The Morgan fingerprint density at radius 3 is 2.87 bits per heavy atom. The molecule has 0 radical (unpaired) electrons. The Morgan fingerprint density at radius 2 is 2.22 bits per heavy atom. The van der Waals surface area contributed by atoms with E-state index < -0.39 is 0 Å². The number of likely N-dealkylation sites (tertiary alicyclic amines) is 1. The molecular weight excluding hydrogens is 310 g/mol. The van der Waals surface area contributed by atoms with Crippen LogP contribution in [0.1, 0.15) is 35.9 Å². The number of urea groups is 1. The van der Waals surface area contributed by atoms with Crippen LogP contribution in [0.2, 0.25) is 0 Å². The summed E-state index contributed by atoms with van der Waals surface area (Å²) in [6.07, 6.45) is 3.71. The lowest BCUT2D eigenvalue weighted by Gasteiger charge is -2.17. The van der Waals surface area contributed by atoms with E-state index in [1.165, 1.54) is 9.75 Å². The first-order valence-electron chi connectivity index (χ1n) is 8.40. The summed E-state index contributed by atoms with van der Waals surface area (Å²) in [5.41, 5.74) is 0. The molecule has 1 aromatic rings. The van der Waals surface area contributed by atoms with Gasteiger partial charge in [0.05, 0.1) is 0 Å². The minimum absolute atomic E-state index is 0.0984. The molecule has 2 heterocycles. The zero-order valence-electron chi connectivity index (χ0n) is 13.8. The highest BCUT2D eigenvalue weighted by molar-refractivity contribution is 7.11. The number of nitrogens with one attached hydrogen (secondary N) is 2. The molecule has 126 valence electrons. The van der Waals surface area contributed by atoms with Gasteiger partial charge < -0.3 is 15.5 Å². The zero-order valence-corrected chi connectivity index (χ0v) is 14.6. The lowest BCUT2D eigenvalue weighted by atomic mass is 10.1. The van der Waals surface area contributed by atoms with E-state index in [1.54, 1.807) is 11.3 Å². The minimum Gasteiger partial charge on any atom is -0.339 e. The van der Waals surface area contributed by atoms with E-state index in [0.717, 1.165) is 25.8 Å². The maximum atomic E-state index is 12.0. The fraction of sp³-hybridized carbons (Fsp3) is 0.647. The monoisotopic (exact) mass is 335 g/mol. The van der Waals surface area contributed by atoms with Crippen molar-refractivity contribution in [1.82, 2.24) is 15.5 Å². The maximum Gasteiger partial charge on any atom is 0.315 e. The zero-order chi connectivity index (χ0) is 16.4. The van der Waals surface area contributed by atoms with Crippen molar-refractivity contribution in [3.63, 3.8) is 0 Å². The first-order valence-corrected chi connectivity index (χ1v) is 9.22. The average Bonchev–Trinajstić information content (AvgIpc) is 3.15. The van der Waals surface area contributed by atoms with E-state index in [0.29, 0.717) is 19.0 Å². The third-order valence-electron chi connectivity index (χ3n) is 4.46. The Bertz CT molecular complexity index is 582. The van der Waals surface area contributed by atoms with Gasteiger partial charge in [-0.1, -0.05) is 0 Å². The van der Waals surface area contributed by atoms with Crippen molar-refractivity contribution in [3.05, 3.63) is 21.9 Å². The van der Waals surface area contributed by atoms with Gasteiger partial charge in [0.15, 0.2) is 0 Å². The van der Waals surface area contributed by atoms with E-state index in [-0.39, 0.29) is 23.9 Å². The van der Waals surface area contributed by atoms with Crippen molar-refractivity contribution in [1.29, 1.82) is 0 Å². The van der Waals surface area contributed by atoms with Crippen molar-refractivity contribution in [2.45, 2.75) is 51.6 Å². The van der Waals surface area contributed by atoms with Gasteiger partial charge in [-0.3, -0.25) is 4.79 Å². The number of carbonyl (C=O) groups excluding carboxylic acids is 2. The van der Waals surface area contributed by atoms with Crippen LogP contribution in [0, 0.1) is 12.8 Å². The van der Waals surface area contributed by atoms with Crippen LogP contribution in [-0.2, 0) is 11.2 Å². The normalized spacial score (nSPS) is 22.3. The number of hydrogen-bond acceptors (Lipinski definition) is 3. The van der Waals surface area contributed by atoms with Gasteiger partial charge in [-0.05, 0) is 38.8 Å². The third-order valence-corrected chi connectivity index (χ3v) is 5.48. The number of aryl methyl sites for hydroxylation is 1. The maximum absolute atomic E-state index is 12.0. The van der Waals surface area contributed by atoms with Crippen LogP contribution in [0.4, 0.5) is 4.79 Å². The highest BCUT2D eigenvalue weighted by Crippen LogP contribution is 2.32. The molecule has 2 N–H and O–H groups in total. The predicted molar refractivity (Wildman–Crippen MR) is 91.6 cm³/mol. The van der Waals surface area contributed by atoms with E-state index in [1.807, 2.05) is 11.8 Å². The molecule has 0 aromatic carbocycles. The molecule has 2 aliphatic rings. The van der Waals surface area contributed by atoms with E-state index in [2.05, 4.69) is 29.7 Å². The highest BCUT2D eigenvalue weighted by atomic mass is 32.1. The lowest BCUT2D eigenvalue weighted by molar-refractivity contribution is -0.128. The molecule has 6 heteroatoms. The number of amides is 3. The summed E-state index contributed by atoms with van der Waals surface area (Å²) in [7, 11) is 0. The Morgan fingerprint density at radius 1 is 1.43 bits per heavy atom. The van der Waals surface area contributed by atoms with Gasteiger partial charge in [0.25, 0.3) is 0 Å². The Kier molecular flexibility index (Phi) is 4.90. The molecule has 0 spiro atoms. The molecule has 1 aliphatic heterocycles. The van der Waals surface area contributed by atoms with Crippen LogP contribution >= 0.6 is 11.3 Å². The summed E-state index contributed by atoms with van der Waals surface area (Å²) in [6.45, 7) is 5.48. The second-order valence-electron chi connectivity index (χ2n) is 6.82. The number of thiophene rings is 1. The van der Waals surface area contributed by atoms with Gasteiger partial charge in [0, 0.05) is 53.7 Å². The molecule has 1 aromatic heterocycles. The molecule has 2 fully saturated rings. The van der Waals surface area contributed by atoms with Crippen molar-refractivity contribution >= 4 is 23.3 Å². The third kappa shape index (κ3) is 4.47. The molecule has 5 nitrogen and oxygen atoms in total. The summed E-state index contributed by atoms with van der Waals surface area (Å²) in [5.74, 6) is 0.505. The molecule has 1 saturated carbocycles. The number of hydrogen-bond donors (Lipinski definition) is 2. The second kappa shape index (κ2) is 6.91. The summed E-state index contributed by atoms with van der Waals surface area (Å²) in [6, 6.07) is 4.67. The molecular formula is C17H25N3O2S.